The van der Waals surface area contributed by atoms with Crippen LogP contribution in [-0.2, 0) is 12.2 Å². The molecular weight excluding hydrogens is 347 g/mol. The summed E-state index contributed by atoms with van der Waals surface area (Å²) in [6.07, 6.45) is -4.84. The molecule has 0 bridgehead atoms. The first-order valence-corrected chi connectivity index (χ1v) is 7.57. The molecule has 1 atom stereocenters. The van der Waals surface area contributed by atoms with Crippen LogP contribution in [0.3, 0.4) is 0 Å². The summed E-state index contributed by atoms with van der Waals surface area (Å²) >= 11 is 0. The summed E-state index contributed by atoms with van der Waals surface area (Å²) in [6.45, 7) is 2.77. The number of hydrogen-bond donors (Lipinski definition) is 1. The van der Waals surface area contributed by atoms with Crippen LogP contribution in [0.2, 0.25) is 0 Å². The van der Waals surface area contributed by atoms with Crippen molar-refractivity contribution in [2.75, 3.05) is 0 Å². The molecule has 3 rings (SSSR count). The normalized spacial score (nSPS) is 16.4. The molecule has 1 aliphatic rings. The highest BCUT2D eigenvalue weighted by Crippen LogP contribution is 2.38. The number of benzene rings is 2. The largest absolute Gasteiger partial charge is 0.431 e. The van der Waals surface area contributed by atoms with Gasteiger partial charge in [0.2, 0.25) is 5.66 Å². The van der Waals surface area contributed by atoms with Gasteiger partial charge in [0.15, 0.2) is 0 Å². The maximum Gasteiger partial charge on any atom is 0.431 e. The van der Waals surface area contributed by atoms with Gasteiger partial charge in [0, 0.05) is 5.56 Å². The van der Waals surface area contributed by atoms with E-state index in [1.807, 2.05) is 0 Å². The van der Waals surface area contributed by atoms with Crippen molar-refractivity contribution in [1.29, 1.82) is 0 Å². The van der Waals surface area contributed by atoms with Gasteiger partial charge in [-0.2, -0.15) is 13.2 Å². The minimum atomic E-state index is -4.84. The Kier molecular flexibility index (Phi) is 4.15. The zero-order valence-corrected chi connectivity index (χ0v) is 13.5. The Morgan fingerprint density at radius 1 is 1.00 bits per heavy atom. The van der Waals surface area contributed by atoms with Crippen LogP contribution in [0, 0.1) is 0 Å². The molecule has 0 aromatic heterocycles. The number of amides is 2. The van der Waals surface area contributed by atoms with Crippen LogP contribution in [0.1, 0.15) is 31.8 Å². The van der Waals surface area contributed by atoms with Crippen LogP contribution >= 0.6 is 0 Å². The average molecular weight is 361 g/mol. The van der Waals surface area contributed by atoms with Gasteiger partial charge < -0.3 is 0 Å². The van der Waals surface area contributed by atoms with E-state index in [9.17, 15) is 22.8 Å². The summed E-state index contributed by atoms with van der Waals surface area (Å²) in [6, 6.07) is 11.5. The Labute approximate surface area is 146 Å². The van der Waals surface area contributed by atoms with E-state index in [2.05, 4.69) is 11.7 Å². The number of aliphatic imine (C=N–C) groups is 1. The van der Waals surface area contributed by atoms with Crippen molar-refractivity contribution in [3.05, 3.63) is 70.8 Å². The van der Waals surface area contributed by atoms with Crippen molar-refractivity contribution in [3.8, 4) is 0 Å². The van der Waals surface area contributed by atoms with E-state index >= 15 is 0 Å². The summed E-state index contributed by atoms with van der Waals surface area (Å²) in [5, 5.41) is 0. The van der Waals surface area contributed by atoms with Crippen LogP contribution in [0.4, 0.5) is 13.2 Å². The van der Waals surface area contributed by atoms with Crippen molar-refractivity contribution in [2.24, 2.45) is 10.7 Å². The average Bonchev–Trinajstić information content (AvgIpc) is 2.85. The fraction of sp³-hybridized carbons (Fsp3) is 0.167. The molecule has 0 spiro atoms. The van der Waals surface area contributed by atoms with Crippen molar-refractivity contribution in [1.82, 2.24) is 4.90 Å². The Hall–Kier alpha value is -3.00. The number of carbonyl (C=O) groups is 2. The minimum absolute atomic E-state index is 0.175. The maximum absolute atomic E-state index is 13.3. The van der Waals surface area contributed by atoms with Gasteiger partial charge in [-0.15, -0.1) is 0 Å². The van der Waals surface area contributed by atoms with Gasteiger partial charge >= 0.3 is 6.18 Å². The molecule has 5 nitrogen and oxygen atoms in total. The molecular formula is C18H14F3N3O2. The summed E-state index contributed by atoms with van der Waals surface area (Å²) in [7, 11) is 0. The zero-order valence-electron chi connectivity index (χ0n) is 13.5. The molecule has 0 fully saturated rings. The molecule has 1 aliphatic heterocycles. The predicted molar refractivity (Wildman–Crippen MR) is 88.6 cm³/mol. The maximum atomic E-state index is 13.3. The van der Waals surface area contributed by atoms with Gasteiger partial charge in [-0.05, 0) is 30.5 Å². The van der Waals surface area contributed by atoms with Crippen LogP contribution in [0.5, 0.6) is 0 Å². The Morgan fingerprint density at radius 2 is 1.58 bits per heavy atom. The number of carbonyl (C=O) groups excluding carboxylic acids is 2. The monoisotopic (exact) mass is 361 g/mol. The highest BCUT2D eigenvalue weighted by molar-refractivity contribution is 6.21. The van der Waals surface area contributed by atoms with E-state index in [0.29, 0.717) is 5.56 Å². The quantitative estimate of drug-likeness (QED) is 0.672. The third-order valence-corrected chi connectivity index (χ3v) is 4.27. The van der Waals surface area contributed by atoms with Crippen LogP contribution in [0.15, 0.2) is 53.5 Å². The molecule has 1 heterocycles. The second-order valence-corrected chi connectivity index (χ2v) is 5.86. The fourth-order valence-corrected chi connectivity index (χ4v) is 2.82. The number of fused-ring (bicyclic) bond motifs is 1. The van der Waals surface area contributed by atoms with E-state index in [-0.39, 0.29) is 23.2 Å². The summed E-state index contributed by atoms with van der Waals surface area (Å²) < 4.78 is 39.8. The minimum Gasteiger partial charge on any atom is -0.296 e. The molecule has 2 aromatic carbocycles. The van der Waals surface area contributed by atoms with E-state index in [4.69, 9.17) is 5.73 Å². The summed E-state index contributed by atoms with van der Waals surface area (Å²) in [5.41, 5.74) is 2.96. The molecule has 1 unspecified atom stereocenters. The molecule has 0 radical (unpaired) electrons. The molecule has 0 saturated heterocycles. The lowest BCUT2D eigenvalue weighted by atomic mass is 9.98. The third-order valence-electron chi connectivity index (χ3n) is 4.27. The first kappa shape index (κ1) is 17.8. The number of rotatable bonds is 4. The van der Waals surface area contributed by atoms with E-state index in [0.717, 1.165) is 4.90 Å². The number of halogens is 3. The highest BCUT2D eigenvalue weighted by Gasteiger charge is 2.53. The summed E-state index contributed by atoms with van der Waals surface area (Å²) in [4.78, 5) is 28.8. The standard InChI is InChI=1S/C18H14F3N3O2/c1-23-17(22,18(19,20)21)12-6-4-5-11(9-12)10-24-15(25)13-7-2-3-8-14(13)16(24)26/h2-9H,1,10,22H2. The predicted octanol–water partition coefficient (Wildman–Crippen LogP) is 2.86. The summed E-state index contributed by atoms with van der Waals surface area (Å²) in [5.74, 6) is -0.986. The van der Waals surface area contributed by atoms with Gasteiger partial charge in [-0.3, -0.25) is 25.2 Å². The molecule has 8 heteroatoms. The van der Waals surface area contributed by atoms with Crippen LogP contribution < -0.4 is 5.73 Å². The van der Waals surface area contributed by atoms with Crippen molar-refractivity contribution in [3.63, 3.8) is 0 Å². The van der Waals surface area contributed by atoms with Gasteiger partial charge in [0.25, 0.3) is 11.8 Å². The smallest absolute Gasteiger partial charge is 0.296 e. The van der Waals surface area contributed by atoms with E-state index in [1.165, 1.54) is 36.4 Å². The molecule has 2 N–H and O–H groups in total. The number of alkyl halides is 3. The second kappa shape index (κ2) is 6.06. The molecule has 0 aliphatic carbocycles. The zero-order chi connectivity index (χ0) is 19.1. The molecule has 0 saturated carbocycles. The van der Waals surface area contributed by atoms with Crippen molar-refractivity contribution < 1.29 is 22.8 Å². The first-order chi connectivity index (χ1) is 12.2. The molecule has 134 valence electrons. The number of nitrogens with two attached hydrogens (primary N) is 1. The van der Waals surface area contributed by atoms with Gasteiger partial charge in [0.1, 0.15) is 0 Å². The molecule has 2 aromatic rings. The van der Waals surface area contributed by atoms with Crippen LogP contribution in [-0.4, -0.2) is 29.6 Å². The third kappa shape index (κ3) is 2.68. The molecule has 2 amide bonds. The van der Waals surface area contributed by atoms with Gasteiger partial charge in [-0.1, -0.05) is 30.3 Å². The Balaban J connectivity index is 1.93. The SMILES string of the molecule is C=NC(N)(c1cccc(CN2C(=O)c3ccccc3C2=O)c1)C(F)(F)F. The van der Waals surface area contributed by atoms with Crippen LogP contribution in [0.25, 0.3) is 0 Å². The number of imide groups is 1. The fourth-order valence-electron chi connectivity index (χ4n) is 2.82. The molecule has 26 heavy (non-hydrogen) atoms. The second-order valence-electron chi connectivity index (χ2n) is 5.86. The lowest BCUT2D eigenvalue weighted by molar-refractivity contribution is -0.186. The van der Waals surface area contributed by atoms with Gasteiger partial charge in [-0.25, -0.2) is 0 Å². The highest BCUT2D eigenvalue weighted by atomic mass is 19.4. The van der Waals surface area contributed by atoms with Crippen molar-refractivity contribution >= 4 is 18.5 Å². The Bertz CT molecular complexity index is 876. The number of nitrogens with zero attached hydrogens (tertiary/aromatic N) is 2. The van der Waals surface area contributed by atoms with Crippen molar-refractivity contribution in [2.45, 2.75) is 18.4 Å². The lowest BCUT2D eigenvalue weighted by Crippen LogP contribution is -2.48. The van der Waals surface area contributed by atoms with Gasteiger partial charge in [0.05, 0.1) is 17.7 Å². The number of hydrogen-bond acceptors (Lipinski definition) is 4. The first-order valence-electron chi connectivity index (χ1n) is 7.57. The Morgan fingerprint density at radius 3 is 2.08 bits per heavy atom. The topological polar surface area (TPSA) is 75.8 Å². The van der Waals surface area contributed by atoms with E-state index < -0.39 is 23.7 Å². The van der Waals surface area contributed by atoms with E-state index in [1.54, 1.807) is 12.1 Å². The lowest BCUT2D eigenvalue weighted by Gasteiger charge is -2.28.